The number of aliphatic imine (C=N–C) groups is 1. The third-order valence-corrected chi connectivity index (χ3v) is 8.12. The summed E-state index contributed by atoms with van der Waals surface area (Å²) in [6, 6.07) is 20.7. The van der Waals surface area contributed by atoms with Crippen LogP contribution in [-0.4, -0.2) is 55.4 Å². The lowest BCUT2D eigenvalue weighted by molar-refractivity contribution is -0.0505. The number of likely N-dealkylation sites (N-methyl/N-ethyl adjacent to an activating group) is 1. The fraction of sp³-hybridized carbons (Fsp3) is 0.219. The molecule has 3 aromatic rings. The molecule has 0 fully saturated rings. The molecule has 3 aliphatic heterocycles. The molecule has 0 spiro atoms. The topological polar surface area (TPSA) is 46.5 Å². The Morgan fingerprint density at radius 1 is 0.837 bits per heavy atom. The molecule has 0 N–H and O–H groups in total. The van der Waals surface area contributed by atoms with E-state index in [1.165, 1.54) is 23.9 Å². The summed E-state index contributed by atoms with van der Waals surface area (Å²) >= 11 is 1.52. The molecule has 43 heavy (non-hydrogen) atoms. The van der Waals surface area contributed by atoms with Gasteiger partial charge in [-0.3, -0.25) is 4.90 Å². The van der Waals surface area contributed by atoms with Crippen molar-refractivity contribution in [1.29, 1.82) is 0 Å². The number of fused-ring (bicyclic) bond motifs is 1. The van der Waals surface area contributed by atoms with E-state index >= 15 is 0 Å². The Labute approximate surface area is 250 Å². The number of alkyl halides is 4. The first kappa shape index (κ1) is 28.9. The highest BCUT2D eigenvalue weighted by Gasteiger charge is 2.41. The highest BCUT2D eigenvalue weighted by atomic mass is 32.2. The van der Waals surface area contributed by atoms with E-state index in [1.807, 2.05) is 49.5 Å². The van der Waals surface area contributed by atoms with Gasteiger partial charge in [-0.2, -0.15) is 17.6 Å². The molecule has 3 heterocycles. The number of methoxy groups -OCH3 is 1. The number of benzene rings is 3. The van der Waals surface area contributed by atoms with E-state index in [9.17, 15) is 17.6 Å². The minimum atomic E-state index is -2.91. The average molecular weight is 610 g/mol. The number of ether oxygens (including phenoxy) is 3. The predicted octanol–water partition coefficient (Wildman–Crippen LogP) is 7.64. The molecule has 222 valence electrons. The van der Waals surface area contributed by atoms with E-state index in [4.69, 9.17) is 9.73 Å². The van der Waals surface area contributed by atoms with Crippen LogP contribution in [0.5, 0.6) is 17.2 Å². The van der Waals surface area contributed by atoms with Crippen molar-refractivity contribution in [2.45, 2.75) is 19.3 Å². The van der Waals surface area contributed by atoms with Crippen molar-refractivity contribution in [3.63, 3.8) is 0 Å². The molecule has 3 aliphatic rings. The molecule has 11 heteroatoms. The summed E-state index contributed by atoms with van der Waals surface area (Å²) < 4.78 is 65.5. The van der Waals surface area contributed by atoms with Crippen molar-refractivity contribution < 1.29 is 31.8 Å². The summed E-state index contributed by atoms with van der Waals surface area (Å²) in [5, 5.41) is 2.86. The number of thioether (sulfide) groups is 1. The molecular weight excluding hydrogens is 582 g/mol. The van der Waals surface area contributed by atoms with Crippen LogP contribution in [0.4, 0.5) is 17.6 Å². The standard InChI is InChI=1S/C32H27F4N3O3S/c1-38-16-22(15-19-3-9-24(10-4-19)41-30(33)34)28-26(17-38)29(21-7-13-25(14-8-21)42-31(35)36)39-27(18-43-32(39)37-28)20-5-11-23(40-2)12-6-20/h3-15,18,29-31H,16-17H2,1-2H3/b22-15+/t29-/m1/s1. The third kappa shape index (κ3) is 6.14. The van der Waals surface area contributed by atoms with Gasteiger partial charge in [0.2, 0.25) is 0 Å². The molecule has 0 amide bonds. The molecule has 6 nitrogen and oxygen atoms in total. The van der Waals surface area contributed by atoms with Crippen molar-refractivity contribution in [2.75, 3.05) is 27.2 Å². The van der Waals surface area contributed by atoms with Crippen molar-refractivity contribution in [1.82, 2.24) is 9.80 Å². The molecule has 0 saturated heterocycles. The van der Waals surface area contributed by atoms with Gasteiger partial charge in [-0.05, 0) is 89.5 Å². The van der Waals surface area contributed by atoms with Crippen LogP contribution in [0.25, 0.3) is 11.8 Å². The quantitative estimate of drug-likeness (QED) is 0.245. The highest BCUT2D eigenvalue weighted by Crippen LogP contribution is 2.49. The maximum atomic E-state index is 12.9. The first-order chi connectivity index (χ1) is 20.8. The van der Waals surface area contributed by atoms with Crippen LogP contribution >= 0.6 is 11.8 Å². The van der Waals surface area contributed by atoms with Gasteiger partial charge in [0.15, 0.2) is 5.17 Å². The van der Waals surface area contributed by atoms with E-state index in [0.29, 0.717) is 13.1 Å². The zero-order chi connectivity index (χ0) is 30.1. The van der Waals surface area contributed by atoms with Gasteiger partial charge in [-0.25, -0.2) is 4.99 Å². The average Bonchev–Trinajstić information content (AvgIpc) is 3.41. The Hall–Kier alpha value is -4.22. The second-order valence-corrected chi connectivity index (χ2v) is 11.0. The summed E-state index contributed by atoms with van der Waals surface area (Å²) in [6.45, 7) is -4.55. The van der Waals surface area contributed by atoms with Gasteiger partial charge >= 0.3 is 13.2 Å². The van der Waals surface area contributed by atoms with E-state index < -0.39 is 13.2 Å². The molecule has 0 aliphatic carbocycles. The normalized spacial score (nSPS) is 19.4. The van der Waals surface area contributed by atoms with E-state index in [1.54, 1.807) is 31.4 Å². The SMILES string of the molecule is COc1ccc(C2=CSC3=NC4=C(CN(C)C/C4=C\c4ccc(OC(F)F)cc4)[C@@H](c4ccc(OC(F)F)cc4)N23)cc1. The zero-order valence-corrected chi connectivity index (χ0v) is 24.0. The molecule has 0 bridgehead atoms. The lowest BCUT2D eigenvalue weighted by Gasteiger charge is -2.42. The van der Waals surface area contributed by atoms with Crippen LogP contribution in [-0.2, 0) is 0 Å². The van der Waals surface area contributed by atoms with Gasteiger partial charge < -0.3 is 19.1 Å². The highest BCUT2D eigenvalue weighted by molar-refractivity contribution is 8.16. The number of hydrogen-bond donors (Lipinski definition) is 0. The van der Waals surface area contributed by atoms with Crippen LogP contribution in [0.1, 0.15) is 22.7 Å². The number of rotatable bonds is 8. The van der Waals surface area contributed by atoms with Crippen LogP contribution in [0.2, 0.25) is 0 Å². The Bertz CT molecular complexity index is 1600. The van der Waals surface area contributed by atoms with Gasteiger partial charge in [0, 0.05) is 18.5 Å². The number of amidine groups is 1. The summed E-state index contributed by atoms with van der Waals surface area (Å²) in [5.74, 6) is 0.918. The van der Waals surface area contributed by atoms with Crippen molar-refractivity contribution in [2.24, 2.45) is 4.99 Å². The molecule has 0 saturated carbocycles. The van der Waals surface area contributed by atoms with Gasteiger partial charge in [-0.1, -0.05) is 36.0 Å². The van der Waals surface area contributed by atoms with Crippen molar-refractivity contribution in [3.8, 4) is 17.2 Å². The summed E-state index contributed by atoms with van der Waals surface area (Å²) in [7, 11) is 3.64. The minimum absolute atomic E-state index is 0.0833. The third-order valence-electron chi connectivity index (χ3n) is 7.28. The molecule has 1 atom stereocenters. The molecule has 0 aromatic heterocycles. The lowest BCUT2D eigenvalue weighted by Crippen LogP contribution is -2.40. The van der Waals surface area contributed by atoms with Crippen LogP contribution in [0.15, 0.2) is 100 Å². The Balaban J connectivity index is 1.43. The number of halogens is 4. The van der Waals surface area contributed by atoms with Crippen LogP contribution < -0.4 is 14.2 Å². The summed E-state index contributed by atoms with van der Waals surface area (Å²) in [5.41, 5.74) is 6.53. The Kier molecular flexibility index (Phi) is 8.18. The second kappa shape index (κ2) is 12.2. The summed E-state index contributed by atoms with van der Waals surface area (Å²) in [4.78, 5) is 9.51. The van der Waals surface area contributed by atoms with Gasteiger partial charge in [0.25, 0.3) is 0 Å². The first-order valence-corrected chi connectivity index (χ1v) is 14.3. The predicted molar refractivity (Wildman–Crippen MR) is 159 cm³/mol. The number of hydrogen-bond acceptors (Lipinski definition) is 7. The Morgan fingerprint density at radius 3 is 2.05 bits per heavy atom. The van der Waals surface area contributed by atoms with Crippen molar-refractivity contribution in [3.05, 3.63) is 112 Å². The molecule has 0 radical (unpaired) electrons. The smallest absolute Gasteiger partial charge is 0.387 e. The Morgan fingerprint density at radius 2 is 1.44 bits per heavy atom. The maximum Gasteiger partial charge on any atom is 0.387 e. The maximum absolute atomic E-state index is 12.9. The second-order valence-electron chi connectivity index (χ2n) is 10.1. The van der Waals surface area contributed by atoms with Gasteiger partial charge in [-0.15, -0.1) is 0 Å². The fourth-order valence-electron chi connectivity index (χ4n) is 5.47. The molecule has 3 aromatic carbocycles. The fourth-order valence-corrected chi connectivity index (χ4v) is 6.40. The van der Waals surface area contributed by atoms with E-state index in [0.717, 1.165) is 50.1 Å². The first-order valence-electron chi connectivity index (χ1n) is 13.4. The van der Waals surface area contributed by atoms with Crippen LogP contribution in [0, 0.1) is 0 Å². The number of nitrogens with zero attached hydrogens (tertiary/aromatic N) is 3. The summed E-state index contributed by atoms with van der Waals surface area (Å²) in [6.07, 6.45) is 2.00. The largest absolute Gasteiger partial charge is 0.497 e. The molecular formula is C32H27F4N3O3S. The van der Waals surface area contributed by atoms with Gasteiger partial charge in [0.05, 0.1) is 24.5 Å². The zero-order valence-electron chi connectivity index (χ0n) is 23.2. The van der Waals surface area contributed by atoms with E-state index in [-0.39, 0.29) is 17.5 Å². The molecule has 6 rings (SSSR count). The van der Waals surface area contributed by atoms with E-state index in [2.05, 4.69) is 24.7 Å². The molecule has 0 unspecified atom stereocenters. The monoisotopic (exact) mass is 609 g/mol. The van der Waals surface area contributed by atoms with Gasteiger partial charge in [0.1, 0.15) is 17.2 Å². The van der Waals surface area contributed by atoms with Crippen molar-refractivity contribution >= 4 is 28.7 Å². The lowest BCUT2D eigenvalue weighted by atomic mass is 9.88. The van der Waals surface area contributed by atoms with Crippen LogP contribution in [0.3, 0.4) is 0 Å². The minimum Gasteiger partial charge on any atom is -0.497 e.